The quantitative estimate of drug-likeness (QED) is 0.806. The number of likely N-dealkylation sites (tertiary alicyclic amines) is 1. The van der Waals surface area contributed by atoms with Crippen LogP contribution in [-0.4, -0.2) is 49.8 Å². The Morgan fingerprint density at radius 1 is 1.21 bits per heavy atom. The molecular weight excluding hydrogens is 374 g/mol. The van der Waals surface area contributed by atoms with Gasteiger partial charge in [0.05, 0.1) is 4.90 Å². The lowest BCUT2D eigenvalue weighted by Gasteiger charge is -2.30. The lowest BCUT2D eigenvalue weighted by Crippen LogP contribution is -2.42. The lowest BCUT2D eigenvalue weighted by molar-refractivity contribution is 0.0689. The van der Waals surface area contributed by atoms with Crippen LogP contribution in [0.15, 0.2) is 59.5 Å². The van der Waals surface area contributed by atoms with Crippen LogP contribution in [-0.2, 0) is 10.0 Å². The highest BCUT2D eigenvalue weighted by atomic mass is 32.2. The first-order valence-corrected chi connectivity index (χ1v) is 11.1. The van der Waals surface area contributed by atoms with Gasteiger partial charge < -0.3 is 4.90 Å². The monoisotopic (exact) mass is 401 g/mol. The zero-order valence-electron chi connectivity index (χ0n) is 16.3. The van der Waals surface area contributed by atoms with Crippen molar-refractivity contribution in [2.45, 2.75) is 37.2 Å². The molecule has 2 aromatic carbocycles. The molecule has 1 fully saturated rings. The first kappa shape index (κ1) is 20.5. The molecule has 1 amide bonds. The van der Waals surface area contributed by atoms with Gasteiger partial charge in [-0.15, -0.1) is 0 Å². The van der Waals surface area contributed by atoms with E-state index in [0.717, 1.165) is 19.5 Å². The molecule has 0 bridgehead atoms. The van der Waals surface area contributed by atoms with Crippen molar-refractivity contribution in [3.05, 3.63) is 65.7 Å². The van der Waals surface area contributed by atoms with Crippen molar-refractivity contribution in [2.24, 2.45) is 5.14 Å². The first-order chi connectivity index (χ1) is 13.3. The van der Waals surface area contributed by atoms with Crippen LogP contribution in [0.25, 0.3) is 0 Å². The molecule has 0 spiro atoms. The van der Waals surface area contributed by atoms with Crippen molar-refractivity contribution in [3.8, 4) is 0 Å². The fourth-order valence-corrected chi connectivity index (χ4v) is 4.42. The summed E-state index contributed by atoms with van der Waals surface area (Å²) in [7, 11) is -3.84. The number of primary sulfonamides is 1. The van der Waals surface area contributed by atoms with Gasteiger partial charge in [-0.1, -0.05) is 36.4 Å². The van der Waals surface area contributed by atoms with Gasteiger partial charge in [-0.3, -0.25) is 9.69 Å². The SMILES string of the molecule is CCN(C(=O)c1cccc(S(N)(=O)=O)c1)C1CCN(C(C)c2ccccc2)C1. The zero-order chi connectivity index (χ0) is 20.3. The lowest BCUT2D eigenvalue weighted by atomic mass is 10.1. The molecule has 0 saturated carbocycles. The van der Waals surface area contributed by atoms with Crippen LogP contribution >= 0.6 is 0 Å². The summed E-state index contributed by atoms with van der Waals surface area (Å²) in [6.45, 7) is 6.42. The molecule has 1 aliphatic rings. The largest absolute Gasteiger partial charge is 0.335 e. The number of nitrogens with two attached hydrogens (primary N) is 1. The maximum Gasteiger partial charge on any atom is 0.254 e. The third-order valence-electron chi connectivity index (χ3n) is 5.48. The fraction of sp³-hybridized carbons (Fsp3) is 0.381. The molecule has 2 aromatic rings. The number of benzene rings is 2. The van der Waals surface area contributed by atoms with E-state index in [4.69, 9.17) is 5.14 Å². The third-order valence-corrected chi connectivity index (χ3v) is 6.39. The predicted molar refractivity (Wildman–Crippen MR) is 109 cm³/mol. The fourth-order valence-electron chi connectivity index (χ4n) is 3.86. The van der Waals surface area contributed by atoms with E-state index in [2.05, 4.69) is 24.0 Å². The molecule has 1 saturated heterocycles. The van der Waals surface area contributed by atoms with Crippen molar-refractivity contribution in [1.29, 1.82) is 0 Å². The van der Waals surface area contributed by atoms with Gasteiger partial charge in [0.1, 0.15) is 0 Å². The van der Waals surface area contributed by atoms with Crippen LogP contribution in [0.1, 0.15) is 42.2 Å². The van der Waals surface area contributed by atoms with Crippen molar-refractivity contribution in [3.63, 3.8) is 0 Å². The number of carbonyl (C=O) groups excluding carboxylic acids is 1. The molecular formula is C21H27N3O3S. The Kier molecular flexibility index (Phi) is 6.17. The summed E-state index contributed by atoms with van der Waals surface area (Å²) in [5, 5.41) is 5.20. The number of carbonyl (C=O) groups is 1. The molecule has 0 radical (unpaired) electrons. The van der Waals surface area contributed by atoms with Gasteiger partial charge in [-0.25, -0.2) is 13.6 Å². The molecule has 2 unspecified atom stereocenters. The van der Waals surface area contributed by atoms with Gasteiger partial charge in [-0.05, 0) is 44.0 Å². The summed E-state index contributed by atoms with van der Waals surface area (Å²) >= 11 is 0. The Hall–Kier alpha value is -2.22. The minimum Gasteiger partial charge on any atom is -0.335 e. The first-order valence-electron chi connectivity index (χ1n) is 9.54. The average Bonchev–Trinajstić information content (AvgIpc) is 3.18. The summed E-state index contributed by atoms with van der Waals surface area (Å²) in [6, 6.07) is 16.7. The van der Waals surface area contributed by atoms with Gasteiger partial charge in [0.15, 0.2) is 0 Å². The molecule has 2 N–H and O–H groups in total. The number of nitrogens with zero attached hydrogens (tertiary/aromatic N) is 2. The van der Waals surface area contributed by atoms with Crippen molar-refractivity contribution >= 4 is 15.9 Å². The molecule has 2 atom stereocenters. The number of rotatable bonds is 6. The third kappa shape index (κ3) is 4.43. The van der Waals surface area contributed by atoms with E-state index in [0.29, 0.717) is 12.1 Å². The highest BCUT2D eigenvalue weighted by Gasteiger charge is 2.32. The van der Waals surface area contributed by atoms with E-state index >= 15 is 0 Å². The number of likely N-dealkylation sites (N-methyl/N-ethyl adjacent to an activating group) is 1. The van der Waals surface area contributed by atoms with Crippen LogP contribution in [0.3, 0.4) is 0 Å². The van der Waals surface area contributed by atoms with Crippen LogP contribution in [0, 0.1) is 0 Å². The molecule has 0 aliphatic carbocycles. The Balaban J connectivity index is 1.74. The summed E-state index contributed by atoms with van der Waals surface area (Å²) in [6.07, 6.45) is 0.894. The second-order valence-corrected chi connectivity index (χ2v) is 8.75. The van der Waals surface area contributed by atoms with E-state index in [9.17, 15) is 13.2 Å². The van der Waals surface area contributed by atoms with Gasteiger partial charge in [0.2, 0.25) is 10.0 Å². The zero-order valence-corrected chi connectivity index (χ0v) is 17.1. The van der Waals surface area contributed by atoms with Crippen LogP contribution in [0.5, 0.6) is 0 Å². The summed E-state index contributed by atoms with van der Waals surface area (Å²) in [5.74, 6) is -0.160. The molecule has 1 aliphatic heterocycles. The van der Waals surface area contributed by atoms with E-state index in [1.165, 1.54) is 17.7 Å². The number of amides is 1. The van der Waals surface area contributed by atoms with Crippen LogP contribution < -0.4 is 5.14 Å². The van der Waals surface area contributed by atoms with E-state index in [1.807, 2.05) is 30.0 Å². The Bertz CT molecular complexity index is 931. The maximum atomic E-state index is 13.1. The van der Waals surface area contributed by atoms with Crippen LogP contribution in [0.4, 0.5) is 0 Å². The molecule has 150 valence electrons. The minimum absolute atomic E-state index is 0.0415. The summed E-state index contributed by atoms with van der Waals surface area (Å²) < 4.78 is 23.2. The van der Waals surface area contributed by atoms with Gasteiger partial charge in [0, 0.05) is 37.3 Å². The van der Waals surface area contributed by atoms with E-state index < -0.39 is 10.0 Å². The number of sulfonamides is 1. The second-order valence-electron chi connectivity index (χ2n) is 7.19. The topological polar surface area (TPSA) is 83.7 Å². The van der Waals surface area contributed by atoms with Crippen molar-refractivity contribution in [2.75, 3.05) is 19.6 Å². The Morgan fingerprint density at radius 3 is 2.57 bits per heavy atom. The number of hydrogen-bond donors (Lipinski definition) is 1. The van der Waals surface area contributed by atoms with E-state index in [-0.39, 0.29) is 22.9 Å². The molecule has 1 heterocycles. The number of hydrogen-bond acceptors (Lipinski definition) is 4. The van der Waals surface area contributed by atoms with Crippen molar-refractivity contribution < 1.29 is 13.2 Å². The highest BCUT2D eigenvalue weighted by Crippen LogP contribution is 2.27. The average molecular weight is 402 g/mol. The Labute approximate surface area is 167 Å². The maximum absolute atomic E-state index is 13.1. The predicted octanol–water partition coefficient (Wildman–Crippen LogP) is 2.63. The molecule has 0 aromatic heterocycles. The summed E-state index contributed by atoms with van der Waals surface area (Å²) in [5.41, 5.74) is 1.61. The molecule has 28 heavy (non-hydrogen) atoms. The molecule has 7 heteroatoms. The van der Waals surface area contributed by atoms with E-state index in [1.54, 1.807) is 12.1 Å². The van der Waals surface area contributed by atoms with Gasteiger partial charge in [0.25, 0.3) is 5.91 Å². The Morgan fingerprint density at radius 2 is 1.93 bits per heavy atom. The standard InChI is InChI=1S/C21H27N3O3S/c1-3-24(21(25)18-10-7-11-20(14-18)28(22,26)27)19-12-13-23(15-19)16(2)17-8-5-4-6-9-17/h4-11,14,16,19H,3,12-13,15H2,1-2H3,(H2,22,26,27). The van der Waals surface area contributed by atoms with Gasteiger partial charge in [-0.2, -0.15) is 0 Å². The normalized spacial score (nSPS) is 18.8. The molecule has 3 rings (SSSR count). The van der Waals surface area contributed by atoms with Gasteiger partial charge >= 0.3 is 0 Å². The minimum atomic E-state index is -3.84. The molecule has 6 nitrogen and oxygen atoms in total. The summed E-state index contributed by atoms with van der Waals surface area (Å²) in [4.78, 5) is 17.2. The smallest absolute Gasteiger partial charge is 0.254 e. The second kappa shape index (κ2) is 8.43. The van der Waals surface area contributed by atoms with Crippen LogP contribution in [0.2, 0.25) is 0 Å². The van der Waals surface area contributed by atoms with Crippen molar-refractivity contribution in [1.82, 2.24) is 9.80 Å². The highest BCUT2D eigenvalue weighted by molar-refractivity contribution is 7.89.